The molecule has 84 valence electrons. The molecular weight excluding hydrogens is 208 g/mol. The van der Waals surface area contributed by atoms with Crippen molar-refractivity contribution in [2.45, 2.75) is 26.2 Å². The van der Waals surface area contributed by atoms with Crippen LogP contribution in [0.25, 0.3) is 11.2 Å². The molecule has 2 heterocycles. The fourth-order valence-corrected chi connectivity index (χ4v) is 1.46. The lowest BCUT2D eigenvalue weighted by Gasteiger charge is -1.91. The fraction of sp³-hybridized carbons (Fsp3) is 0.364. The summed E-state index contributed by atoms with van der Waals surface area (Å²) < 4.78 is 5.44. The van der Waals surface area contributed by atoms with E-state index in [1.165, 1.54) is 0 Å². The van der Waals surface area contributed by atoms with Crippen molar-refractivity contribution in [2.24, 2.45) is 0 Å². The topological polar surface area (TPSA) is 76.2 Å². The molecule has 0 aliphatic rings. The summed E-state index contributed by atoms with van der Waals surface area (Å²) in [6, 6.07) is 3.68. The van der Waals surface area contributed by atoms with Crippen LogP contribution in [0.3, 0.4) is 0 Å². The normalized spacial score (nSPS) is 10.8. The summed E-state index contributed by atoms with van der Waals surface area (Å²) in [4.78, 5) is 18.8. The van der Waals surface area contributed by atoms with E-state index in [1.807, 2.05) is 19.1 Å². The predicted octanol–water partition coefficient (Wildman–Crippen LogP) is 1.94. The quantitative estimate of drug-likeness (QED) is 0.852. The molecule has 16 heavy (non-hydrogen) atoms. The number of nitrogens with zero attached hydrogens (tertiary/aromatic N) is 2. The maximum Gasteiger partial charge on any atom is 0.303 e. The second-order valence-electron chi connectivity index (χ2n) is 3.63. The van der Waals surface area contributed by atoms with Gasteiger partial charge in [0.15, 0.2) is 17.1 Å². The minimum atomic E-state index is -0.801. The van der Waals surface area contributed by atoms with Gasteiger partial charge in [0, 0.05) is 18.5 Å². The zero-order chi connectivity index (χ0) is 11.5. The second kappa shape index (κ2) is 4.30. The van der Waals surface area contributed by atoms with E-state index in [0.29, 0.717) is 30.0 Å². The summed E-state index contributed by atoms with van der Waals surface area (Å²) in [6.45, 7) is 1.89. The highest BCUT2D eigenvalue weighted by molar-refractivity contribution is 5.68. The number of fused-ring (bicyclic) bond motifs is 1. The van der Waals surface area contributed by atoms with Crippen LogP contribution in [-0.4, -0.2) is 21.0 Å². The first-order valence-corrected chi connectivity index (χ1v) is 5.10. The maximum atomic E-state index is 10.3. The van der Waals surface area contributed by atoms with E-state index < -0.39 is 5.97 Å². The highest BCUT2D eigenvalue weighted by atomic mass is 16.4. The average molecular weight is 220 g/mol. The zero-order valence-corrected chi connectivity index (χ0v) is 8.93. The Hall–Kier alpha value is -1.91. The summed E-state index contributed by atoms with van der Waals surface area (Å²) in [5.41, 5.74) is 2.12. The van der Waals surface area contributed by atoms with Crippen molar-refractivity contribution in [1.29, 1.82) is 0 Å². The molecule has 0 atom stereocenters. The number of pyridine rings is 1. The van der Waals surface area contributed by atoms with Crippen molar-refractivity contribution < 1.29 is 14.3 Å². The van der Waals surface area contributed by atoms with Crippen molar-refractivity contribution >= 4 is 17.2 Å². The molecule has 0 saturated carbocycles. The van der Waals surface area contributed by atoms with Gasteiger partial charge in [0.1, 0.15) is 0 Å². The van der Waals surface area contributed by atoms with Gasteiger partial charge in [-0.25, -0.2) is 4.98 Å². The molecule has 0 spiro atoms. The van der Waals surface area contributed by atoms with Crippen LogP contribution in [0.4, 0.5) is 0 Å². The predicted molar refractivity (Wildman–Crippen MR) is 57.1 cm³/mol. The Morgan fingerprint density at radius 1 is 1.44 bits per heavy atom. The molecule has 2 rings (SSSR count). The van der Waals surface area contributed by atoms with Crippen LogP contribution in [0.1, 0.15) is 24.4 Å². The van der Waals surface area contributed by atoms with E-state index in [0.717, 1.165) is 5.69 Å². The standard InChI is InChI=1S/C11H12N2O3/c1-7-5-6-8-11(12-7)13-9(16-8)3-2-4-10(14)15/h5-6H,2-4H2,1H3,(H,14,15). The molecule has 2 aromatic heterocycles. The Balaban J connectivity index is 2.10. The van der Waals surface area contributed by atoms with Gasteiger partial charge in [-0.3, -0.25) is 4.79 Å². The van der Waals surface area contributed by atoms with Gasteiger partial charge >= 0.3 is 5.97 Å². The van der Waals surface area contributed by atoms with E-state index in [9.17, 15) is 4.79 Å². The van der Waals surface area contributed by atoms with Crippen LogP contribution in [0, 0.1) is 6.92 Å². The summed E-state index contributed by atoms with van der Waals surface area (Å²) in [5.74, 6) is -0.251. The van der Waals surface area contributed by atoms with Crippen LogP contribution in [0.2, 0.25) is 0 Å². The number of oxazole rings is 1. The number of carbonyl (C=O) groups is 1. The average Bonchev–Trinajstić information content (AvgIpc) is 2.58. The number of aliphatic carboxylic acids is 1. The van der Waals surface area contributed by atoms with Gasteiger partial charge in [0.05, 0.1) is 0 Å². The smallest absolute Gasteiger partial charge is 0.303 e. The Morgan fingerprint density at radius 3 is 3.00 bits per heavy atom. The van der Waals surface area contributed by atoms with Gasteiger partial charge < -0.3 is 9.52 Å². The molecule has 0 aliphatic heterocycles. The van der Waals surface area contributed by atoms with Crippen molar-refractivity contribution in [1.82, 2.24) is 9.97 Å². The lowest BCUT2D eigenvalue weighted by Crippen LogP contribution is -1.95. The number of hydrogen-bond acceptors (Lipinski definition) is 4. The van der Waals surface area contributed by atoms with E-state index in [4.69, 9.17) is 9.52 Å². The Kier molecular flexibility index (Phi) is 2.85. The number of rotatable bonds is 4. The number of aromatic nitrogens is 2. The summed E-state index contributed by atoms with van der Waals surface area (Å²) >= 11 is 0. The molecule has 5 nitrogen and oxygen atoms in total. The Bertz CT molecular complexity index is 519. The van der Waals surface area contributed by atoms with E-state index in [2.05, 4.69) is 9.97 Å². The Labute approximate surface area is 92.1 Å². The van der Waals surface area contributed by atoms with Crippen LogP contribution in [0.15, 0.2) is 16.5 Å². The van der Waals surface area contributed by atoms with Crippen LogP contribution >= 0.6 is 0 Å². The highest BCUT2D eigenvalue weighted by Crippen LogP contribution is 2.15. The molecule has 0 radical (unpaired) electrons. The van der Waals surface area contributed by atoms with Gasteiger partial charge in [-0.1, -0.05) is 0 Å². The number of carboxylic acids is 1. The van der Waals surface area contributed by atoms with Crippen LogP contribution in [-0.2, 0) is 11.2 Å². The summed E-state index contributed by atoms with van der Waals surface area (Å²) in [5, 5.41) is 8.50. The van der Waals surface area contributed by atoms with Gasteiger partial charge in [-0.15, -0.1) is 0 Å². The van der Waals surface area contributed by atoms with Crippen LogP contribution < -0.4 is 0 Å². The van der Waals surface area contributed by atoms with E-state index in [1.54, 1.807) is 0 Å². The molecule has 2 aromatic rings. The van der Waals surface area contributed by atoms with Gasteiger partial charge in [0.2, 0.25) is 0 Å². The van der Waals surface area contributed by atoms with Gasteiger partial charge in [-0.2, -0.15) is 4.98 Å². The van der Waals surface area contributed by atoms with Gasteiger partial charge in [0.25, 0.3) is 0 Å². The molecule has 0 aliphatic carbocycles. The first-order valence-electron chi connectivity index (χ1n) is 5.10. The number of aryl methyl sites for hydroxylation is 2. The first-order chi connectivity index (χ1) is 7.65. The maximum absolute atomic E-state index is 10.3. The largest absolute Gasteiger partial charge is 0.481 e. The fourth-order valence-electron chi connectivity index (χ4n) is 1.46. The first kappa shape index (κ1) is 10.6. The molecule has 0 bridgehead atoms. The van der Waals surface area contributed by atoms with Crippen molar-refractivity contribution in [2.75, 3.05) is 0 Å². The third-order valence-electron chi connectivity index (χ3n) is 2.22. The Morgan fingerprint density at radius 2 is 2.25 bits per heavy atom. The molecule has 0 fully saturated rings. The zero-order valence-electron chi connectivity index (χ0n) is 8.93. The van der Waals surface area contributed by atoms with Crippen LogP contribution in [0.5, 0.6) is 0 Å². The molecule has 0 aromatic carbocycles. The lowest BCUT2D eigenvalue weighted by molar-refractivity contribution is -0.137. The second-order valence-corrected chi connectivity index (χ2v) is 3.63. The minimum absolute atomic E-state index is 0.130. The lowest BCUT2D eigenvalue weighted by atomic mass is 10.2. The monoisotopic (exact) mass is 220 g/mol. The molecular formula is C11H12N2O3. The molecule has 0 unspecified atom stereocenters. The summed E-state index contributed by atoms with van der Waals surface area (Å²) in [6.07, 6.45) is 1.19. The molecule has 5 heteroatoms. The van der Waals surface area contributed by atoms with Crippen molar-refractivity contribution in [3.63, 3.8) is 0 Å². The summed E-state index contributed by atoms with van der Waals surface area (Å²) in [7, 11) is 0. The molecule has 0 saturated heterocycles. The highest BCUT2D eigenvalue weighted by Gasteiger charge is 2.07. The third-order valence-corrected chi connectivity index (χ3v) is 2.22. The van der Waals surface area contributed by atoms with Crippen molar-refractivity contribution in [3.8, 4) is 0 Å². The molecule has 0 amide bonds. The number of carboxylic acid groups (broad SMARTS) is 1. The van der Waals surface area contributed by atoms with E-state index in [-0.39, 0.29) is 6.42 Å². The molecule has 1 N–H and O–H groups in total. The number of hydrogen-bond donors (Lipinski definition) is 1. The third kappa shape index (κ3) is 2.36. The van der Waals surface area contributed by atoms with Crippen molar-refractivity contribution in [3.05, 3.63) is 23.7 Å². The SMILES string of the molecule is Cc1ccc2oc(CCCC(=O)O)nc2n1. The minimum Gasteiger partial charge on any atom is -0.481 e. The van der Waals surface area contributed by atoms with Gasteiger partial charge in [-0.05, 0) is 25.5 Å². The van der Waals surface area contributed by atoms with E-state index >= 15 is 0 Å².